The molecule has 1 saturated heterocycles. The highest BCUT2D eigenvalue weighted by atomic mass is 16.3. The van der Waals surface area contributed by atoms with E-state index in [4.69, 9.17) is 10.4 Å². The maximum absolute atomic E-state index is 10.9. The summed E-state index contributed by atoms with van der Waals surface area (Å²) in [5, 5.41) is 19.5. The average Bonchev–Trinajstić information content (AvgIpc) is 2.30. The van der Waals surface area contributed by atoms with Crippen LogP contribution in [0.3, 0.4) is 0 Å². The molecule has 0 saturated carbocycles. The lowest BCUT2D eigenvalue weighted by Gasteiger charge is -2.15. The van der Waals surface area contributed by atoms with Crippen molar-refractivity contribution in [3.63, 3.8) is 0 Å². The van der Waals surface area contributed by atoms with Gasteiger partial charge in [0.05, 0.1) is 18.6 Å². The first-order chi connectivity index (χ1) is 6.13. The highest BCUT2D eigenvalue weighted by Crippen LogP contribution is 2.01. The lowest BCUT2D eigenvalue weighted by molar-refractivity contribution is -0.118. The number of urea groups is 1. The van der Waals surface area contributed by atoms with Gasteiger partial charge in [0.1, 0.15) is 6.54 Å². The van der Waals surface area contributed by atoms with E-state index in [1.807, 2.05) is 0 Å². The second kappa shape index (κ2) is 3.87. The second-order valence-electron chi connectivity index (χ2n) is 2.75. The van der Waals surface area contributed by atoms with E-state index < -0.39 is 12.1 Å². The number of nitrogens with zero attached hydrogens (tertiary/aromatic N) is 2. The Bertz CT molecular complexity index is 271. The molecule has 3 amide bonds. The van der Waals surface area contributed by atoms with Gasteiger partial charge in [-0.3, -0.25) is 10.1 Å². The monoisotopic (exact) mass is 183 g/mol. The normalized spacial score (nSPS) is 18.3. The predicted octanol–water partition coefficient (Wildman–Crippen LogP) is -1.19. The summed E-state index contributed by atoms with van der Waals surface area (Å²) in [4.78, 5) is 22.8. The van der Waals surface area contributed by atoms with Crippen LogP contribution in [-0.4, -0.2) is 41.1 Å². The topological polar surface area (TPSA) is 93.4 Å². The standard InChI is InChI=1S/C7H9N3O3/c8-2-1-5(11)3-10-4-6(12)9-7(10)13/h5,11H,1,3-4H2,(H,9,12,13). The number of rotatable bonds is 3. The number of hydrogen-bond donors (Lipinski definition) is 2. The molecular weight excluding hydrogens is 174 g/mol. The van der Waals surface area contributed by atoms with Gasteiger partial charge in [0.15, 0.2) is 0 Å². The number of aliphatic hydroxyl groups is 1. The summed E-state index contributed by atoms with van der Waals surface area (Å²) >= 11 is 0. The number of nitriles is 1. The van der Waals surface area contributed by atoms with Crippen LogP contribution < -0.4 is 5.32 Å². The molecule has 0 aromatic heterocycles. The quantitative estimate of drug-likeness (QED) is 0.538. The van der Waals surface area contributed by atoms with Gasteiger partial charge in [0.25, 0.3) is 0 Å². The highest BCUT2D eigenvalue weighted by molar-refractivity contribution is 6.01. The molecule has 1 aliphatic heterocycles. The molecular formula is C7H9N3O3. The van der Waals surface area contributed by atoms with Crippen molar-refractivity contribution in [2.45, 2.75) is 12.5 Å². The first-order valence-electron chi connectivity index (χ1n) is 3.77. The smallest absolute Gasteiger partial charge is 0.324 e. The van der Waals surface area contributed by atoms with Crippen LogP contribution in [0.15, 0.2) is 0 Å². The number of carbonyl (C=O) groups is 2. The third-order valence-electron chi connectivity index (χ3n) is 1.63. The maximum Gasteiger partial charge on any atom is 0.324 e. The summed E-state index contributed by atoms with van der Waals surface area (Å²) < 4.78 is 0. The molecule has 6 heteroatoms. The first-order valence-corrected chi connectivity index (χ1v) is 3.77. The van der Waals surface area contributed by atoms with Gasteiger partial charge >= 0.3 is 6.03 Å². The van der Waals surface area contributed by atoms with Crippen molar-refractivity contribution in [2.24, 2.45) is 0 Å². The van der Waals surface area contributed by atoms with E-state index in [1.54, 1.807) is 6.07 Å². The van der Waals surface area contributed by atoms with Crippen LogP contribution in [0.5, 0.6) is 0 Å². The van der Waals surface area contributed by atoms with E-state index in [-0.39, 0.29) is 25.4 Å². The van der Waals surface area contributed by atoms with E-state index in [0.717, 1.165) is 0 Å². The molecule has 1 aliphatic rings. The molecule has 1 atom stereocenters. The first kappa shape index (κ1) is 9.48. The van der Waals surface area contributed by atoms with E-state index in [1.165, 1.54) is 4.90 Å². The Morgan fingerprint density at radius 2 is 2.38 bits per heavy atom. The van der Waals surface area contributed by atoms with Crippen molar-refractivity contribution >= 4 is 11.9 Å². The molecule has 0 aromatic carbocycles. The third kappa shape index (κ3) is 2.42. The fraction of sp³-hybridized carbons (Fsp3) is 0.571. The summed E-state index contributed by atoms with van der Waals surface area (Å²) in [7, 11) is 0. The molecule has 1 unspecified atom stereocenters. The van der Waals surface area contributed by atoms with Crippen molar-refractivity contribution in [1.29, 1.82) is 5.26 Å². The number of imide groups is 1. The van der Waals surface area contributed by atoms with Crippen molar-refractivity contribution in [3.8, 4) is 6.07 Å². The van der Waals surface area contributed by atoms with Crippen molar-refractivity contribution < 1.29 is 14.7 Å². The minimum atomic E-state index is -0.887. The zero-order valence-electron chi connectivity index (χ0n) is 6.86. The Hall–Kier alpha value is -1.61. The SMILES string of the molecule is N#CCC(O)CN1CC(=O)NC1=O. The third-order valence-corrected chi connectivity index (χ3v) is 1.63. The molecule has 1 heterocycles. The Morgan fingerprint density at radius 1 is 1.69 bits per heavy atom. The van der Waals surface area contributed by atoms with Gasteiger partial charge in [-0.15, -0.1) is 0 Å². The van der Waals surface area contributed by atoms with Gasteiger partial charge in [-0.25, -0.2) is 4.79 Å². The molecule has 2 N–H and O–H groups in total. The van der Waals surface area contributed by atoms with Gasteiger partial charge in [-0.05, 0) is 0 Å². The van der Waals surface area contributed by atoms with Crippen molar-refractivity contribution in [3.05, 3.63) is 0 Å². The number of aliphatic hydroxyl groups excluding tert-OH is 1. The highest BCUT2D eigenvalue weighted by Gasteiger charge is 2.27. The van der Waals surface area contributed by atoms with Crippen LogP contribution in [0.1, 0.15) is 6.42 Å². The number of β-amino-alcohol motifs (C(OH)–C–C–N with tert-alkyl or cyclic N) is 1. The Balaban J connectivity index is 2.42. The molecule has 0 spiro atoms. The van der Waals surface area contributed by atoms with Gasteiger partial charge < -0.3 is 10.0 Å². The average molecular weight is 183 g/mol. The number of nitrogens with one attached hydrogen (secondary N) is 1. The summed E-state index contributed by atoms with van der Waals surface area (Å²) in [6, 6.07) is 1.26. The van der Waals surface area contributed by atoms with Crippen LogP contribution >= 0.6 is 0 Å². The van der Waals surface area contributed by atoms with Crippen LogP contribution in [0.25, 0.3) is 0 Å². The zero-order valence-corrected chi connectivity index (χ0v) is 6.86. The fourth-order valence-corrected chi connectivity index (χ4v) is 1.05. The summed E-state index contributed by atoms with van der Waals surface area (Å²) in [5.41, 5.74) is 0. The fourth-order valence-electron chi connectivity index (χ4n) is 1.05. The van der Waals surface area contributed by atoms with E-state index in [9.17, 15) is 9.59 Å². The number of hydrogen-bond acceptors (Lipinski definition) is 4. The van der Waals surface area contributed by atoms with Gasteiger partial charge in [0.2, 0.25) is 5.91 Å². The predicted molar refractivity (Wildman–Crippen MR) is 41.3 cm³/mol. The minimum Gasteiger partial charge on any atom is -0.390 e. The summed E-state index contributed by atoms with van der Waals surface area (Å²) in [6.07, 6.45) is -0.931. The Morgan fingerprint density at radius 3 is 2.85 bits per heavy atom. The van der Waals surface area contributed by atoms with Crippen LogP contribution in [-0.2, 0) is 4.79 Å². The number of amides is 3. The molecule has 13 heavy (non-hydrogen) atoms. The lowest BCUT2D eigenvalue weighted by atomic mass is 10.2. The minimum absolute atomic E-state index is 0.0190. The van der Waals surface area contributed by atoms with Crippen LogP contribution in [0, 0.1) is 11.3 Å². The van der Waals surface area contributed by atoms with Crippen LogP contribution in [0.4, 0.5) is 4.79 Å². The second-order valence-corrected chi connectivity index (χ2v) is 2.75. The van der Waals surface area contributed by atoms with Gasteiger partial charge in [-0.2, -0.15) is 5.26 Å². The molecule has 0 radical (unpaired) electrons. The van der Waals surface area contributed by atoms with Crippen LogP contribution in [0.2, 0.25) is 0 Å². The lowest BCUT2D eigenvalue weighted by Crippen LogP contribution is -2.34. The molecule has 1 fully saturated rings. The molecule has 0 aliphatic carbocycles. The van der Waals surface area contributed by atoms with E-state index in [2.05, 4.69) is 5.32 Å². The van der Waals surface area contributed by atoms with Gasteiger partial charge in [-0.1, -0.05) is 0 Å². The molecule has 0 bridgehead atoms. The van der Waals surface area contributed by atoms with Gasteiger partial charge in [0, 0.05) is 6.54 Å². The summed E-state index contributed by atoms with van der Waals surface area (Å²) in [6.45, 7) is -0.0214. The summed E-state index contributed by atoms with van der Waals surface area (Å²) in [5.74, 6) is -0.380. The Labute approximate surface area is 74.7 Å². The molecule has 70 valence electrons. The van der Waals surface area contributed by atoms with Crippen molar-refractivity contribution in [1.82, 2.24) is 10.2 Å². The molecule has 0 aromatic rings. The zero-order chi connectivity index (χ0) is 9.84. The largest absolute Gasteiger partial charge is 0.390 e. The molecule has 1 rings (SSSR count). The molecule has 6 nitrogen and oxygen atoms in total. The number of carbonyl (C=O) groups excluding carboxylic acids is 2. The Kier molecular flexibility index (Phi) is 2.82. The van der Waals surface area contributed by atoms with E-state index in [0.29, 0.717) is 0 Å². The van der Waals surface area contributed by atoms with Crippen molar-refractivity contribution in [2.75, 3.05) is 13.1 Å². The van der Waals surface area contributed by atoms with E-state index >= 15 is 0 Å². The maximum atomic E-state index is 10.9.